The lowest BCUT2D eigenvalue weighted by atomic mass is 10.2. The zero-order valence-corrected chi connectivity index (χ0v) is 13.8. The molecule has 26 heavy (non-hydrogen) atoms. The van der Waals surface area contributed by atoms with Gasteiger partial charge in [-0.3, -0.25) is 14.9 Å². The molecule has 2 aromatic rings. The Morgan fingerprint density at radius 2 is 1.96 bits per heavy atom. The number of esters is 1. The summed E-state index contributed by atoms with van der Waals surface area (Å²) in [4.78, 5) is 35.5. The average Bonchev–Trinajstić information content (AvgIpc) is 3.07. The molecule has 7 heteroatoms. The second-order valence-electron chi connectivity index (χ2n) is 5.75. The average molecular weight is 352 g/mol. The van der Waals surface area contributed by atoms with Crippen molar-refractivity contribution in [2.24, 2.45) is 0 Å². The van der Waals surface area contributed by atoms with Crippen molar-refractivity contribution in [2.45, 2.75) is 12.8 Å². The van der Waals surface area contributed by atoms with E-state index in [1.807, 2.05) is 0 Å². The Kier molecular flexibility index (Phi) is 5.07. The summed E-state index contributed by atoms with van der Waals surface area (Å²) >= 11 is 0. The van der Waals surface area contributed by atoms with Crippen LogP contribution in [0, 0.1) is 10.1 Å². The maximum atomic E-state index is 11.9. The number of carbonyl (C=O) groups excluding carboxylic acids is 2. The van der Waals surface area contributed by atoms with Crippen molar-refractivity contribution in [3.05, 3.63) is 70.3 Å². The zero-order chi connectivity index (χ0) is 18.5. The van der Waals surface area contributed by atoms with Crippen molar-refractivity contribution >= 4 is 29.3 Å². The minimum atomic E-state index is -0.596. The van der Waals surface area contributed by atoms with Gasteiger partial charge in [0, 0.05) is 36.9 Å². The third kappa shape index (κ3) is 4.13. The molecule has 0 aromatic heterocycles. The van der Waals surface area contributed by atoms with E-state index in [1.165, 1.54) is 24.3 Å². The van der Waals surface area contributed by atoms with Crippen LogP contribution in [0.15, 0.2) is 54.6 Å². The van der Waals surface area contributed by atoms with E-state index in [-0.39, 0.29) is 11.6 Å². The number of hydrogen-bond acceptors (Lipinski definition) is 5. The van der Waals surface area contributed by atoms with E-state index in [4.69, 9.17) is 4.74 Å². The van der Waals surface area contributed by atoms with E-state index in [0.717, 1.165) is 12.1 Å². The maximum Gasteiger partial charge on any atom is 0.336 e. The van der Waals surface area contributed by atoms with Gasteiger partial charge in [0.15, 0.2) is 0 Å². The first kappa shape index (κ1) is 17.3. The largest absolute Gasteiger partial charge is 0.423 e. The third-order valence-corrected chi connectivity index (χ3v) is 3.93. The van der Waals surface area contributed by atoms with Crippen LogP contribution >= 0.6 is 0 Å². The van der Waals surface area contributed by atoms with Crippen LogP contribution < -0.4 is 9.64 Å². The molecule has 0 atom stereocenters. The summed E-state index contributed by atoms with van der Waals surface area (Å²) in [6.07, 6.45) is 4.06. The van der Waals surface area contributed by atoms with Crippen molar-refractivity contribution in [1.82, 2.24) is 0 Å². The van der Waals surface area contributed by atoms with Crippen LogP contribution in [-0.2, 0) is 9.59 Å². The van der Waals surface area contributed by atoms with E-state index in [0.29, 0.717) is 24.3 Å². The summed E-state index contributed by atoms with van der Waals surface area (Å²) in [7, 11) is 0. The molecule has 2 aromatic carbocycles. The van der Waals surface area contributed by atoms with Gasteiger partial charge in [0.05, 0.1) is 4.92 Å². The van der Waals surface area contributed by atoms with Crippen LogP contribution in [0.4, 0.5) is 11.4 Å². The summed E-state index contributed by atoms with van der Waals surface area (Å²) in [6.45, 7) is 0.698. The molecule has 1 aliphatic heterocycles. The van der Waals surface area contributed by atoms with Gasteiger partial charge in [-0.1, -0.05) is 12.1 Å². The van der Waals surface area contributed by atoms with Crippen molar-refractivity contribution in [1.29, 1.82) is 0 Å². The number of non-ortho nitro benzene ring substituents is 1. The number of hydrogen-bond donors (Lipinski definition) is 0. The fraction of sp³-hybridized carbons (Fsp3) is 0.158. The molecule has 0 spiro atoms. The van der Waals surface area contributed by atoms with Gasteiger partial charge >= 0.3 is 5.97 Å². The molecule has 0 unspecified atom stereocenters. The summed E-state index contributed by atoms with van der Waals surface area (Å²) < 4.78 is 5.20. The Morgan fingerprint density at radius 1 is 1.19 bits per heavy atom. The van der Waals surface area contributed by atoms with E-state index in [9.17, 15) is 19.7 Å². The smallest absolute Gasteiger partial charge is 0.336 e. The van der Waals surface area contributed by atoms with Crippen LogP contribution in [0.3, 0.4) is 0 Å². The third-order valence-electron chi connectivity index (χ3n) is 3.93. The first-order valence-corrected chi connectivity index (χ1v) is 8.08. The van der Waals surface area contributed by atoms with Gasteiger partial charge in [-0.25, -0.2) is 4.79 Å². The molecule has 0 saturated carbocycles. The van der Waals surface area contributed by atoms with Gasteiger partial charge in [-0.05, 0) is 42.3 Å². The maximum absolute atomic E-state index is 11.9. The molecule has 0 aliphatic carbocycles. The van der Waals surface area contributed by atoms with Crippen LogP contribution in [-0.4, -0.2) is 23.3 Å². The quantitative estimate of drug-likeness (QED) is 0.271. The number of amides is 1. The highest BCUT2D eigenvalue weighted by Crippen LogP contribution is 2.24. The predicted octanol–water partition coefficient (Wildman–Crippen LogP) is 3.34. The monoisotopic (exact) mass is 352 g/mol. The Morgan fingerprint density at radius 3 is 2.62 bits per heavy atom. The summed E-state index contributed by atoms with van der Waals surface area (Å²) in [5.41, 5.74) is 1.26. The van der Waals surface area contributed by atoms with Gasteiger partial charge in [-0.2, -0.15) is 0 Å². The fourth-order valence-corrected chi connectivity index (χ4v) is 2.67. The molecule has 1 aliphatic rings. The highest BCUT2D eigenvalue weighted by Gasteiger charge is 2.21. The van der Waals surface area contributed by atoms with Gasteiger partial charge in [-0.15, -0.1) is 0 Å². The minimum absolute atomic E-state index is 0.0486. The van der Waals surface area contributed by atoms with Crippen LogP contribution in [0.5, 0.6) is 5.75 Å². The van der Waals surface area contributed by atoms with E-state index in [1.54, 1.807) is 41.3 Å². The van der Waals surface area contributed by atoms with Gasteiger partial charge in [0.1, 0.15) is 5.75 Å². The molecular formula is C19H16N2O5. The molecule has 1 saturated heterocycles. The minimum Gasteiger partial charge on any atom is -0.423 e. The number of rotatable bonds is 5. The molecule has 7 nitrogen and oxygen atoms in total. The Hall–Kier alpha value is -3.48. The van der Waals surface area contributed by atoms with E-state index < -0.39 is 10.9 Å². The molecule has 1 heterocycles. The van der Waals surface area contributed by atoms with Gasteiger partial charge in [0.25, 0.3) is 5.69 Å². The number of ether oxygens (including phenoxy) is 1. The molecular weight excluding hydrogens is 336 g/mol. The van der Waals surface area contributed by atoms with Crippen molar-refractivity contribution in [3.63, 3.8) is 0 Å². The first-order valence-electron chi connectivity index (χ1n) is 8.08. The standard InChI is InChI=1S/C19H16N2O5/c22-18-5-2-12-20(18)15-7-9-17(10-8-15)26-19(23)11-6-14-3-1-4-16(13-14)21(24)25/h1,3-4,6-11,13H,2,5,12H2/b11-6+. The molecule has 0 bridgehead atoms. The van der Waals surface area contributed by atoms with Crippen molar-refractivity contribution in [2.75, 3.05) is 11.4 Å². The second kappa shape index (κ2) is 7.60. The second-order valence-corrected chi connectivity index (χ2v) is 5.75. The normalized spacial score (nSPS) is 14.0. The summed E-state index contributed by atoms with van der Waals surface area (Å²) in [5.74, 6) is -0.148. The molecule has 0 radical (unpaired) electrons. The fourth-order valence-electron chi connectivity index (χ4n) is 2.67. The van der Waals surface area contributed by atoms with E-state index >= 15 is 0 Å². The highest BCUT2D eigenvalue weighted by atomic mass is 16.6. The van der Waals surface area contributed by atoms with Gasteiger partial charge in [0.2, 0.25) is 5.91 Å². The van der Waals surface area contributed by atoms with Crippen molar-refractivity contribution < 1.29 is 19.2 Å². The number of nitro groups is 1. The number of nitro benzene ring substituents is 1. The number of benzene rings is 2. The predicted molar refractivity (Wildman–Crippen MR) is 95.8 cm³/mol. The lowest BCUT2D eigenvalue weighted by Gasteiger charge is -2.15. The Labute approximate surface area is 149 Å². The highest BCUT2D eigenvalue weighted by molar-refractivity contribution is 5.95. The number of nitrogens with zero attached hydrogens (tertiary/aromatic N) is 2. The van der Waals surface area contributed by atoms with Crippen LogP contribution in [0.25, 0.3) is 6.08 Å². The number of carbonyl (C=O) groups is 2. The Bertz CT molecular complexity index is 874. The zero-order valence-electron chi connectivity index (χ0n) is 13.8. The molecule has 132 valence electrons. The lowest BCUT2D eigenvalue weighted by Crippen LogP contribution is -2.23. The lowest BCUT2D eigenvalue weighted by molar-refractivity contribution is -0.384. The van der Waals surface area contributed by atoms with Gasteiger partial charge < -0.3 is 9.64 Å². The van der Waals surface area contributed by atoms with Crippen LogP contribution in [0.1, 0.15) is 18.4 Å². The number of anilines is 1. The summed E-state index contributed by atoms with van der Waals surface area (Å²) in [5, 5.41) is 10.7. The van der Waals surface area contributed by atoms with Crippen LogP contribution in [0.2, 0.25) is 0 Å². The Balaban J connectivity index is 1.62. The first-order chi connectivity index (χ1) is 12.5. The summed E-state index contributed by atoms with van der Waals surface area (Å²) in [6, 6.07) is 12.7. The van der Waals surface area contributed by atoms with E-state index in [2.05, 4.69) is 0 Å². The topological polar surface area (TPSA) is 89.8 Å². The SMILES string of the molecule is O=C(/C=C/c1cccc([N+](=O)[O-])c1)Oc1ccc(N2CCCC2=O)cc1. The van der Waals surface area contributed by atoms with Crippen molar-refractivity contribution in [3.8, 4) is 5.75 Å². The molecule has 3 rings (SSSR count). The molecule has 0 N–H and O–H groups in total. The molecule has 1 fully saturated rings. The molecule has 1 amide bonds.